The minimum Gasteiger partial charge on any atom is -0.504 e. The number of hydrogen-bond acceptors (Lipinski definition) is 4. The van der Waals surface area contributed by atoms with Crippen LogP contribution in [0.3, 0.4) is 0 Å². The first-order valence-electron chi connectivity index (χ1n) is 7.44. The number of aromatic hydroxyl groups is 1. The zero-order valence-corrected chi connectivity index (χ0v) is 12.2. The zero-order chi connectivity index (χ0) is 14.1. The number of likely N-dealkylation sites (tertiary alicyclic amines) is 1. The van der Waals surface area contributed by atoms with Crippen molar-refractivity contribution in [3.63, 3.8) is 0 Å². The number of rotatable bonds is 3. The predicted molar refractivity (Wildman–Crippen MR) is 77.8 cm³/mol. The fourth-order valence-electron chi connectivity index (χ4n) is 3.22. The maximum atomic E-state index is 9.80. The van der Waals surface area contributed by atoms with Gasteiger partial charge in [0.05, 0.1) is 0 Å². The highest BCUT2D eigenvalue weighted by atomic mass is 16.3. The van der Waals surface area contributed by atoms with Gasteiger partial charge in [0, 0.05) is 24.7 Å². The summed E-state index contributed by atoms with van der Waals surface area (Å²) >= 11 is 0. The number of aromatic nitrogens is 3. The molecule has 108 valence electrons. The maximum absolute atomic E-state index is 9.80. The minimum absolute atomic E-state index is 0.190. The van der Waals surface area contributed by atoms with Crippen molar-refractivity contribution >= 4 is 5.65 Å². The van der Waals surface area contributed by atoms with Gasteiger partial charge in [-0.2, -0.15) is 0 Å². The summed E-state index contributed by atoms with van der Waals surface area (Å²) in [5.41, 5.74) is 0.550. The molecule has 2 aromatic rings. The van der Waals surface area contributed by atoms with Crippen LogP contribution in [0.15, 0.2) is 18.3 Å². The van der Waals surface area contributed by atoms with E-state index in [4.69, 9.17) is 0 Å². The van der Waals surface area contributed by atoms with E-state index in [1.165, 1.54) is 25.8 Å². The molecule has 2 aromatic heterocycles. The molecule has 20 heavy (non-hydrogen) atoms. The zero-order valence-electron chi connectivity index (χ0n) is 12.2. The molecule has 3 rings (SSSR count). The van der Waals surface area contributed by atoms with Crippen molar-refractivity contribution in [1.29, 1.82) is 0 Å². The molecule has 0 spiro atoms. The van der Waals surface area contributed by atoms with Gasteiger partial charge in [0.25, 0.3) is 0 Å². The number of fused-ring (bicyclic) bond motifs is 1. The van der Waals surface area contributed by atoms with Crippen LogP contribution in [-0.2, 0) is 6.42 Å². The molecule has 1 unspecified atom stereocenters. The largest absolute Gasteiger partial charge is 0.504 e. The molecule has 0 aliphatic carbocycles. The molecule has 0 aromatic carbocycles. The Morgan fingerprint density at radius 1 is 1.35 bits per heavy atom. The van der Waals surface area contributed by atoms with E-state index >= 15 is 0 Å². The van der Waals surface area contributed by atoms with Crippen molar-refractivity contribution in [1.82, 2.24) is 19.5 Å². The highest BCUT2D eigenvalue weighted by molar-refractivity contribution is 5.51. The Hall–Kier alpha value is -1.62. The Morgan fingerprint density at radius 3 is 3.00 bits per heavy atom. The van der Waals surface area contributed by atoms with E-state index in [-0.39, 0.29) is 5.75 Å². The van der Waals surface area contributed by atoms with Gasteiger partial charge in [0.15, 0.2) is 5.75 Å². The average molecular weight is 274 g/mol. The molecule has 0 radical (unpaired) electrons. The lowest BCUT2D eigenvalue weighted by Gasteiger charge is -2.38. The molecule has 0 bridgehead atoms. The third-order valence-electron chi connectivity index (χ3n) is 4.24. The van der Waals surface area contributed by atoms with E-state index in [1.54, 1.807) is 6.07 Å². The lowest BCUT2D eigenvalue weighted by atomic mass is 9.97. The molecule has 5 heteroatoms. The normalized spacial score (nSPS) is 20.9. The smallest absolute Gasteiger partial charge is 0.203 e. The highest BCUT2D eigenvalue weighted by Crippen LogP contribution is 2.23. The van der Waals surface area contributed by atoms with Crippen LogP contribution in [0.2, 0.25) is 0 Å². The monoisotopic (exact) mass is 274 g/mol. The summed E-state index contributed by atoms with van der Waals surface area (Å²) < 4.78 is 1.91. The minimum atomic E-state index is 0.190. The molecule has 1 fully saturated rings. The molecule has 3 heterocycles. The van der Waals surface area contributed by atoms with Crippen LogP contribution in [0, 0.1) is 0 Å². The lowest BCUT2D eigenvalue weighted by Crippen LogP contribution is -2.45. The van der Waals surface area contributed by atoms with E-state index in [0.717, 1.165) is 12.2 Å². The number of piperidine rings is 1. The Bertz CT molecular complexity index is 593. The standard InChI is InChI=1S/C15H22N4O/c1-11(2)18-8-4-3-6-12(18)10-14-16-17-15-13(20)7-5-9-19(14)15/h5,7,9,11-12,20H,3-4,6,8,10H2,1-2H3. The van der Waals surface area contributed by atoms with E-state index in [0.29, 0.717) is 17.7 Å². The Labute approximate surface area is 119 Å². The van der Waals surface area contributed by atoms with Crippen LogP contribution in [0.5, 0.6) is 5.75 Å². The second-order valence-corrected chi connectivity index (χ2v) is 5.89. The van der Waals surface area contributed by atoms with Crippen molar-refractivity contribution in [3.8, 4) is 5.75 Å². The van der Waals surface area contributed by atoms with Gasteiger partial charge in [0.2, 0.25) is 5.65 Å². The van der Waals surface area contributed by atoms with E-state index in [2.05, 4.69) is 28.9 Å². The van der Waals surface area contributed by atoms with Crippen molar-refractivity contribution in [2.75, 3.05) is 6.54 Å². The lowest BCUT2D eigenvalue weighted by molar-refractivity contribution is 0.110. The first kappa shape index (κ1) is 13.4. The summed E-state index contributed by atoms with van der Waals surface area (Å²) in [7, 11) is 0. The van der Waals surface area contributed by atoms with Crippen LogP contribution >= 0.6 is 0 Å². The van der Waals surface area contributed by atoms with Crippen molar-refractivity contribution in [2.45, 2.75) is 51.6 Å². The fourth-order valence-corrected chi connectivity index (χ4v) is 3.22. The molecule has 1 aliphatic heterocycles. The van der Waals surface area contributed by atoms with Crippen LogP contribution < -0.4 is 0 Å². The van der Waals surface area contributed by atoms with E-state index in [1.807, 2.05) is 16.7 Å². The summed E-state index contributed by atoms with van der Waals surface area (Å²) in [6, 6.07) is 4.57. The van der Waals surface area contributed by atoms with Crippen LogP contribution in [0.1, 0.15) is 38.9 Å². The van der Waals surface area contributed by atoms with Crippen LogP contribution in [-0.4, -0.2) is 43.2 Å². The Morgan fingerprint density at radius 2 is 2.20 bits per heavy atom. The summed E-state index contributed by atoms with van der Waals surface area (Å²) in [6.07, 6.45) is 6.60. The molecule has 1 saturated heterocycles. The summed E-state index contributed by atoms with van der Waals surface area (Å²) in [5.74, 6) is 1.13. The third kappa shape index (κ3) is 2.38. The molecule has 0 amide bonds. The molecule has 5 nitrogen and oxygen atoms in total. The fraction of sp³-hybridized carbons (Fsp3) is 0.600. The highest BCUT2D eigenvalue weighted by Gasteiger charge is 2.26. The molecule has 0 saturated carbocycles. The van der Waals surface area contributed by atoms with Gasteiger partial charge in [-0.3, -0.25) is 9.30 Å². The average Bonchev–Trinajstić information content (AvgIpc) is 2.84. The van der Waals surface area contributed by atoms with Crippen molar-refractivity contribution in [3.05, 3.63) is 24.2 Å². The summed E-state index contributed by atoms with van der Waals surface area (Å²) in [5, 5.41) is 18.2. The van der Waals surface area contributed by atoms with Gasteiger partial charge in [0.1, 0.15) is 5.82 Å². The molecule has 1 N–H and O–H groups in total. The number of nitrogens with zero attached hydrogens (tertiary/aromatic N) is 4. The van der Waals surface area contributed by atoms with Gasteiger partial charge in [-0.05, 0) is 45.4 Å². The molecular formula is C15H22N4O. The molecule has 1 atom stereocenters. The van der Waals surface area contributed by atoms with E-state index < -0.39 is 0 Å². The molecule has 1 aliphatic rings. The van der Waals surface area contributed by atoms with Crippen LogP contribution in [0.4, 0.5) is 0 Å². The molecular weight excluding hydrogens is 252 g/mol. The number of hydrogen-bond donors (Lipinski definition) is 1. The van der Waals surface area contributed by atoms with Crippen molar-refractivity contribution < 1.29 is 5.11 Å². The second-order valence-electron chi connectivity index (χ2n) is 5.89. The maximum Gasteiger partial charge on any atom is 0.203 e. The second kappa shape index (κ2) is 5.40. The summed E-state index contributed by atoms with van der Waals surface area (Å²) in [4.78, 5) is 2.56. The van der Waals surface area contributed by atoms with Crippen molar-refractivity contribution in [2.24, 2.45) is 0 Å². The Balaban J connectivity index is 1.86. The van der Waals surface area contributed by atoms with Crippen LogP contribution in [0.25, 0.3) is 5.65 Å². The third-order valence-corrected chi connectivity index (χ3v) is 4.24. The van der Waals surface area contributed by atoms with Gasteiger partial charge >= 0.3 is 0 Å². The van der Waals surface area contributed by atoms with Gasteiger partial charge in [-0.25, -0.2) is 0 Å². The predicted octanol–water partition coefficient (Wildman–Crippen LogP) is 2.24. The SMILES string of the molecule is CC(C)N1CCCCC1Cc1nnc2c(O)cccn12. The first-order chi connectivity index (χ1) is 9.66. The van der Waals surface area contributed by atoms with Gasteiger partial charge < -0.3 is 5.11 Å². The topological polar surface area (TPSA) is 53.7 Å². The summed E-state index contributed by atoms with van der Waals surface area (Å²) in [6.45, 7) is 5.68. The van der Waals surface area contributed by atoms with Gasteiger partial charge in [-0.15, -0.1) is 10.2 Å². The van der Waals surface area contributed by atoms with Gasteiger partial charge in [-0.1, -0.05) is 6.42 Å². The van der Waals surface area contributed by atoms with E-state index in [9.17, 15) is 5.11 Å². The first-order valence-corrected chi connectivity index (χ1v) is 7.44. The Kier molecular flexibility index (Phi) is 3.61. The number of pyridine rings is 1. The quantitative estimate of drug-likeness (QED) is 0.932.